The van der Waals surface area contributed by atoms with Crippen molar-refractivity contribution in [2.45, 2.75) is 33.1 Å². The number of hydrogen-bond acceptors (Lipinski definition) is 2. The summed E-state index contributed by atoms with van der Waals surface area (Å²) in [5.74, 6) is 0.0301. The number of nitrogens with one attached hydrogen (secondary N) is 1. The minimum absolute atomic E-state index is 0.0301. The third kappa shape index (κ3) is 3.17. The summed E-state index contributed by atoms with van der Waals surface area (Å²) in [5, 5.41) is 0. The Bertz CT molecular complexity index is 865. The molecular weight excluding hydrogens is 322 g/mol. The van der Waals surface area contributed by atoms with Gasteiger partial charge in [0.2, 0.25) is 0 Å². The van der Waals surface area contributed by atoms with Crippen molar-refractivity contribution in [1.82, 2.24) is 0 Å². The molecule has 2 aliphatic heterocycles. The van der Waals surface area contributed by atoms with Crippen molar-refractivity contribution in [1.29, 1.82) is 0 Å². The number of benzene rings is 2. The highest BCUT2D eigenvalue weighted by Crippen LogP contribution is 2.30. The van der Waals surface area contributed by atoms with Gasteiger partial charge in [-0.05, 0) is 62.4 Å². The topological polar surface area (TPSA) is 37.1 Å². The van der Waals surface area contributed by atoms with Gasteiger partial charge in [0.25, 0.3) is 5.91 Å². The number of fused-ring (bicyclic) bond motifs is 1. The fourth-order valence-corrected chi connectivity index (χ4v) is 3.88. The number of carbonyl (C=O) groups is 1. The summed E-state index contributed by atoms with van der Waals surface area (Å²) >= 11 is 0. The van der Waals surface area contributed by atoms with Gasteiger partial charge in [-0.1, -0.05) is 24.3 Å². The molecule has 4 nitrogen and oxygen atoms in total. The molecule has 4 rings (SSSR count). The zero-order chi connectivity index (χ0) is 18.1. The van der Waals surface area contributed by atoms with Crippen molar-refractivity contribution in [3.8, 4) is 0 Å². The molecule has 1 fully saturated rings. The van der Waals surface area contributed by atoms with E-state index in [2.05, 4.69) is 26.0 Å². The number of rotatable bonds is 3. The number of piperidine rings is 1. The van der Waals surface area contributed by atoms with E-state index in [0.29, 0.717) is 5.71 Å². The SMILES string of the molecule is Cc1ccc(N=C2C(=O)N(C[NH+]3CCCCC3)c3ccccc32)cc1C. The van der Waals surface area contributed by atoms with Gasteiger partial charge < -0.3 is 4.90 Å². The number of quaternary nitrogens is 1. The lowest BCUT2D eigenvalue weighted by Crippen LogP contribution is -3.14. The molecule has 0 spiro atoms. The molecule has 0 aromatic heterocycles. The highest BCUT2D eigenvalue weighted by Gasteiger charge is 2.36. The van der Waals surface area contributed by atoms with E-state index < -0.39 is 0 Å². The average Bonchev–Trinajstić information content (AvgIpc) is 2.92. The smallest absolute Gasteiger partial charge is 0.281 e. The maximum atomic E-state index is 13.2. The number of amides is 1. The summed E-state index contributed by atoms with van der Waals surface area (Å²) < 4.78 is 0. The molecule has 4 heteroatoms. The zero-order valence-corrected chi connectivity index (χ0v) is 15.6. The van der Waals surface area contributed by atoms with Gasteiger partial charge in [-0.15, -0.1) is 0 Å². The van der Waals surface area contributed by atoms with E-state index in [4.69, 9.17) is 4.99 Å². The largest absolute Gasteiger partial charge is 0.317 e. The fourth-order valence-electron chi connectivity index (χ4n) is 3.88. The van der Waals surface area contributed by atoms with Gasteiger partial charge in [0.15, 0.2) is 6.67 Å². The van der Waals surface area contributed by atoms with Crippen molar-refractivity contribution in [3.63, 3.8) is 0 Å². The summed E-state index contributed by atoms with van der Waals surface area (Å²) in [5.41, 5.74) is 5.80. The molecule has 0 bridgehead atoms. The molecule has 2 aromatic rings. The lowest BCUT2D eigenvalue weighted by atomic mass is 10.1. The van der Waals surface area contributed by atoms with E-state index in [-0.39, 0.29) is 5.91 Å². The summed E-state index contributed by atoms with van der Waals surface area (Å²) in [6, 6.07) is 14.2. The van der Waals surface area contributed by atoms with Gasteiger partial charge >= 0.3 is 0 Å². The monoisotopic (exact) mass is 348 g/mol. The molecule has 1 N–H and O–H groups in total. The maximum Gasteiger partial charge on any atom is 0.281 e. The Balaban J connectivity index is 1.68. The highest BCUT2D eigenvalue weighted by molar-refractivity contribution is 6.54. The van der Waals surface area contributed by atoms with Crippen LogP contribution >= 0.6 is 0 Å². The molecule has 0 aliphatic carbocycles. The molecule has 26 heavy (non-hydrogen) atoms. The Labute approximate surface area is 155 Å². The Morgan fingerprint density at radius 1 is 1.00 bits per heavy atom. The van der Waals surface area contributed by atoms with E-state index >= 15 is 0 Å². The van der Waals surface area contributed by atoms with Gasteiger partial charge in [0.05, 0.1) is 24.5 Å². The summed E-state index contributed by atoms with van der Waals surface area (Å²) in [6.07, 6.45) is 3.82. The van der Waals surface area contributed by atoms with E-state index in [1.807, 2.05) is 35.2 Å². The van der Waals surface area contributed by atoms with Crippen molar-refractivity contribution in [3.05, 3.63) is 59.2 Å². The van der Waals surface area contributed by atoms with E-state index in [9.17, 15) is 4.79 Å². The molecule has 1 saturated heterocycles. The Hall–Kier alpha value is -2.46. The van der Waals surface area contributed by atoms with Gasteiger partial charge in [0, 0.05) is 5.56 Å². The Morgan fingerprint density at radius 3 is 2.54 bits per heavy atom. The third-order valence-corrected chi connectivity index (χ3v) is 5.57. The predicted octanol–water partition coefficient (Wildman–Crippen LogP) is 2.80. The molecule has 1 amide bonds. The van der Waals surface area contributed by atoms with Crippen molar-refractivity contribution in [2.24, 2.45) is 4.99 Å². The van der Waals surface area contributed by atoms with Crippen LogP contribution in [0, 0.1) is 13.8 Å². The lowest BCUT2D eigenvalue weighted by Gasteiger charge is -2.27. The van der Waals surface area contributed by atoms with Crippen LogP contribution in [0.2, 0.25) is 0 Å². The van der Waals surface area contributed by atoms with Crippen LogP contribution in [0.3, 0.4) is 0 Å². The van der Waals surface area contributed by atoms with E-state index in [1.165, 1.54) is 35.3 Å². The summed E-state index contributed by atoms with van der Waals surface area (Å²) in [4.78, 5) is 21.3. The molecule has 0 atom stereocenters. The number of carbonyl (C=O) groups excluding carboxylic acids is 1. The average molecular weight is 348 g/mol. The van der Waals surface area contributed by atoms with Crippen LogP contribution in [0.25, 0.3) is 0 Å². The number of likely N-dealkylation sites (tertiary alicyclic amines) is 1. The second kappa shape index (κ2) is 7.04. The first kappa shape index (κ1) is 17.0. The molecule has 2 aliphatic rings. The standard InChI is InChI=1S/C22H25N3O/c1-16-10-11-18(14-17(16)2)23-21-19-8-4-5-9-20(19)25(22(21)26)15-24-12-6-3-7-13-24/h4-5,8-11,14H,3,6-7,12-13,15H2,1-2H3/p+1. The minimum Gasteiger partial charge on any atom is -0.317 e. The number of anilines is 1. The van der Waals surface area contributed by atoms with Crippen LogP contribution in [0.4, 0.5) is 11.4 Å². The quantitative estimate of drug-likeness (QED) is 0.910. The Morgan fingerprint density at radius 2 is 1.77 bits per heavy atom. The third-order valence-electron chi connectivity index (χ3n) is 5.57. The summed E-state index contributed by atoms with van der Waals surface area (Å²) in [7, 11) is 0. The summed E-state index contributed by atoms with van der Waals surface area (Å²) in [6.45, 7) is 7.20. The normalized spacial score (nSPS) is 19.2. The molecule has 0 radical (unpaired) electrons. The van der Waals surface area contributed by atoms with Crippen LogP contribution in [0.5, 0.6) is 0 Å². The number of aliphatic imine (C=N–C) groups is 1. The maximum absolute atomic E-state index is 13.2. The van der Waals surface area contributed by atoms with Crippen LogP contribution in [-0.2, 0) is 4.79 Å². The number of nitrogens with zero attached hydrogens (tertiary/aromatic N) is 2. The van der Waals surface area contributed by atoms with E-state index in [0.717, 1.165) is 36.7 Å². The number of para-hydroxylation sites is 1. The van der Waals surface area contributed by atoms with Gasteiger partial charge in [-0.25, -0.2) is 4.99 Å². The number of hydrogen-bond donors (Lipinski definition) is 1. The first-order chi connectivity index (χ1) is 12.6. The van der Waals surface area contributed by atoms with Crippen LogP contribution < -0.4 is 9.80 Å². The molecule has 2 aromatic carbocycles. The van der Waals surface area contributed by atoms with Crippen LogP contribution in [0.15, 0.2) is 47.5 Å². The fraction of sp³-hybridized carbons (Fsp3) is 0.364. The Kier molecular flexibility index (Phi) is 4.60. The molecule has 0 unspecified atom stereocenters. The van der Waals surface area contributed by atoms with Crippen LogP contribution in [-0.4, -0.2) is 31.4 Å². The first-order valence-electron chi connectivity index (χ1n) is 9.54. The van der Waals surface area contributed by atoms with Gasteiger partial charge in [-0.2, -0.15) is 0 Å². The molecule has 134 valence electrons. The molecular formula is C22H26N3O+. The number of aryl methyl sites for hydroxylation is 2. The lowest BCUT2D eigenvalue weighted by molar-refractivity contribution is -0.903. The molecule has 2 heterocycles. The predicted molar refractivity (Wildman–Crippen MR) is 105 cm³/mol. The van der Waals surface area contributed by atoms with Crippen LogP contribution in [0.1, 0.15) is 36.0 Å². The van der Waals surface area contributed by atoms with Crippen molar-refractivity contribution < 1.29 is 9.69 Å². The first-order valence-corrected chi connectivity index (χ1v) is 9.54. The van der Waals surface area contributed by atoms with Crippen molar-refractivity contribution >= 4 is 23.0 Å². The van der Waals surface area contributed by atoms with Gasteiger partial charge in [-0.3, -0.25) is 9.69 Å². The molecule has 0 saturated carbocycles. The zero-order valence-electron chi connectivity index (χ0n) is 15.6. The van der Waals surface area contributed by atoms with Crippen molar-refractivity contribution in [2.75, 3.05) is 24.7 Å². The van der Waals surface area contributed by atoms with Gasteiger partial charge in [0.1, 0.15) is 5.71 Å². The highest BCUT2D eigenvalue weighted by atomic mass is 16.2. The minimum atomic E-state index is 0.0301. The second-order valence-electron chi connectivity index (χ2n) is 7.45. The second-order valence-corrected chi connectivity index (χ2v) is 7.45. The van der Waals surface area contributed by atoms with E-state index in [1.54, 1.807) is 0 Å².